The lowest BCUT2D eigenvalue weighted by Gasteiger charge is -2.27. The molecule has 0 aliphatic heterocycles. The number of hydrogen-bond acceptors (Lipinski definition) is 2. The highest BCUT2D eigenvalue weighted by Crippen LogP contribution is 2.35. The Hall–Kier alpha value is -0.900. The topological polar surface area (TPSA) is 50.2 Å². The zero-order valence-corrected chi connectivity index (χ0v) is 10.5. The van der Waals surface area contributed by atoms with E-state index < -0.39 is 11.9 Å². The molecule has 1 aliphatic rings. The molecule has 4 heteroatoms. The number of aliphatic carboxylic acids is 1. The summed E-state index contributed by atoms with van der Waals surface area (Å²) in [6, 6.07) is 3.64. The third-order valence-corrected chi connectivity index (χ3v) is 3.67. The molecule has 1 unspecified atom stereocenters. The minimum absolute atomic E-state index is 0.446. The molecule has 0 amide bonds. The summed E-state index contributed by atoms with van der Waals surface area (Å²) >= 11 is 3.30. The summed E-state index contributed by atoms with van der Waals surface area (Å²) in [6.07, 6.45) is 5.96. The van der Waals surface area contributed by atoms with Gasteiger partial charge in [0.1, 0.15) is 0 Å². The van der Waals surface area contributed by atoms with E-state index in [1.165, 1.54) is 19.3 Å². The SMILES string of the molecule is O=C(O)C(CC1CCC1)c1ccc(Br)cn1. The van der Waals surface area contributed by atoms with Crippen molar-refractivity contribution in [2.24, 2.45) is 5.92 Å². The van der Waals surface area contributed by atoms with Crippen LogP contribution >= 0.6 is 15.9 Å². The minimum atomic E-state index is -0.762. The van der Waals surface area contributed by atoms with Gasteiger partial charge in [-0.1, -0.05) is 19.3 Å². The maximum absolute atomic E-state index is 11.2. The van der Waals surface area contributed by atoms with Gasteiger partial charge in [0, 0.05) is 10.7 Å². The van der Waals surface area contributed by atoms with Crippen LogP contribution in [0.15, 0.2) is 22.8 Å². The van der Waals surface area contributed by atoms with Crippen LogP contribution in [-0.2, 0) is 4.79 Å². The van der Waals surface area contributed by atoms with Gasteiger partial charge in [0.05, 0.1) is 11.6 Å². The summed E-state index contributed by atoms with van der Waals surface area (Å²) in [5.74, 6) is -0.633. The minimum Gasteiger partial charge on any atom is -0.481 e. The molecular weight excluding hydrogens is 270 g/mol. The lowest BCUT2D eigenvalue weighted by Crippen LogP contribution is -2.21. The molecule has 3 nitrogen and oxygen atoms in total. The summed E-state index contributed by atoms with van der Waals surface area (Å²) in [6.45, 7) is 0. The molecule has 1 fully saturated rings. The zero-order valence-electron chi connectivity index (χ0n) is 8.90. The highest BCUT2D eigenvalue weighted by Gasteiger charge is 2.28. The molecule has 0 saturated heterocycles. The largest absolute Gasteiger partial charge is 0.481 e. The van der Waals surface area contributed by atoms with Crippen LogP contribution in [0.25, 0.3) is 0 Å². The first-order valence-corrected chi connectivity index (χ1v) is 6.30. The molecule has 0 bridgehead atoms. The number of halogens is 1. The molecule has 1 aliphatic carbocycles. The van der Waals surface area contributed by atoms with E-state index in [0.29, 0.717) is 11.6 Å². The summed E-state index contributed by atoms with van der Waals surface area (Å²) in [5.41, 5.74) is 0.669. The second-order valence-electron chi connectivity index (χ2n) is 4.32. The molecule has 1 aromatic heterocycles. The van der Waals surface area contributed by atoms with Crippen molar-refractivity contribution in [3.05, 3.63) is 28.5 Å². The van der Waals surface area contributed by atoms with Crippen molar-refractivity contribution in [3.63, 3.8) is 0 Å². The van der Waals surface area contributed by atoms with Crippen LogP contribution in [0, 0.1) is 5.92 Å². The van der Waals surface area contributed by atoms with Crippen molar-refractivity contribution in [1.29, 1.82) is 0 Å². The maximum Gasteiger partial charge on any atom is 0.312 e. The Morgan fingerprint density at radius 3 is 2.75 bits per heavy atom. The number of rotatable bonds is 4. The molecule has 1 aromatic rings. The summed E-state index contributed by atoms with van der Waals surface area (Å²) < 4.78 is 0.879. The van der Waals surface area contributed by atoms with Crippen LogP contribution in [-0.4, -0.2) is 16.1 Å². The first kappa shape index (κ1) is 11.6. The van der Waals surface area contributed by atoms with Crippen molar-refractivity contribution in [2.75, 3.05) is 0 Å². The van der Waals surface area contributed by atoms with E-state index in [4.69, 9.17) is 0 Å². The predicted octanol–water partition coefficient (Wildman–Crippen LogP) is 3.20. The molecule has 16 heavy (non-hydrogen) atoms. The first-order valence-electron chi connectivity index (χ1n) is 5.51. The Labute approximate surface area is 103 Å². The lowest BCUT2D eigenvalue weighted by atomic mass is 9.78. The highest BCUT2D eigenvalue weighted by molar-refractivity contribution is 9.10. The van der Waals surface area contributed by atoms with Gasteiger partial charge in [0.2, 0.25) is 0 Å². The average molecular weight is 284 g/mol. The average Bonchev–Trinajstić information content (AvgIpc) is 2.18. The third kappa shape index (κ3) is 2.61. The van der Waals surface area contributed by atoms with E-state index in [1.54, 1.807) is 12.3 Å². The number of hydrogen-bond donors (Lipinski definition) is 1. The quantitative estimate of drug-likeness (QED) is 0.923. The summed E-state index contributed by atoms with van der Waals surface area (Å²) in [7, 11) is 0. The van der Waals surface area contributed by atoms with Crippen LogP contribution in [0.5, 0.6) is 0 Å². The van der Waals surface area contributed by atoms with Crippen molar-refractivity contribution in [1.82, 2.24) is 4.98 Å². The second-order valence-corrected chi connectivity index (χ2v) is 5.24. The highest BCUT2D eigenvalue weighted by atomic mass is 79.9. The van der Waals surface area contributed by atoms with Gasteiger partial charge in [-0.15, -0.1) is 0 Å². The van der Waals surface area contributed by atoms with E-state index in [2.05, 4.69) is 20.9 Å². The number of aromatic nitrogens is 1. The van der Waals surface area contributed by atoms with E-state index in [9.17, 15) is 9.90 Å². The van der Waals surface area contributed by atoms with Gasteiger partial charge >= 0.3 is 5.97 Å². The van der Waals surface area contributed by atoms with Gasteiger partial charge < -0.3 is 5.11 Å². The van der Waals surface area contributed by atoms with Crippen molar-refractivity contribution in [3.8, 4) is 0 Å². The van der Waals surface area contributed by atoms with Crippen molar-refractivity contribution < 1.29 is 9.90 Å². The molecule has 1 N–H and O–H groups in total. The number of pyridine rings is 1. The number of carbonyl (C=O) groups is 1. The number of carboxylic acids is 1. The van der Waals surface area contributed by atoms with Gasteiger partial charge in [0.15, 0.2) is 0 Å². The molecule has 1 heterocycles. The number of nitrogens with zero attached hydrogens (tertiary/aromatic N) is 1. The lowest BCUT2D eigenvalue weighted by molar-refractivity contribution is -0.139. The zero-order chi connectivity index (χ0) is 11.5. The van der Waals surface area contributed by atoms with Gasteiger partial charge in [-0.2, -0.15) is 0 Å². The van der Waals surface area contributed by atoms with Crippen LogP contribution < -0.4 is 0 Å². The Morgan fingerprint density at radius 1 is 1.56 bits per heavy atom. The van der Waals surface area contributed by atoms with Gasteiger partial charge in [0.25, 0.3) is 0 Å². The van der Waals surface area contributed by atoms with Crippen LogP contribution in [0.2, 0.25) is 0 Å². The smallest absolute Gasteiger partial charge is 0.312 e. The normalized spacial score (nSPS) is 17.8. The fourth-order valence-electron chi connectivity index (χ4n) is 2.00. The summed E-state index contributed by atoms with van der Waals surface area (Å²) in [4.78, 5) is 15.4. The third-order valence-electron chi connectivity index (χ3n) is 3.20. The van der Waals surface area contributed by atoms with Gasteiger partial charge in [-0.3, -0.25) is 9.78 Å². The Morgan fingerprint density at radius 2 is 2.31 bits per heavy atom. The van der Waals surface area contributed by atoms with Crippen LogP contribution in [0.1, 0.15) is 37.3 Å². The van der Waals surface area contributed by atoms with Crippen LogP contribution in [0.4, 0.5) is 0 Å². The molecule has 0 spiro atoms. The van der Waals surface area contributed by atoms with E-state index in [-0.39, 0.29) is 0 Å². The molecule has 2 rings (SSSR count). The monoisotopic (exact) mass is 283 g/mol. The van der Waals surface area contributed by atoms with Crippen LogP contribution in [0.3, 0.4) is 0 Å². The van der Waals surface area contributed by atoms with E-state index in [1.807, 2.05) is 6.07 Å². The fraction of sp³-hybridized carbons (Fsp3) is 0.500. The molecule has 0 radical (unpaired) electrons. The second kappa shape index (κ2) is 4.95. The Bertz CT molecular complexity index is 373. The van der Waals surface area contributed by atoms with Gasteiger partial charge in [-0.25, -0.2) is 0 Å². The Balaban J connectivity index is 2.11. The molecule has 0 aromatic carbocycles. The molecular formula is C12H14BrNO2. The Kier molecular flexibility index (Phi) is 3.59. The van der Waals surface area contributed by atoms with E-state index in [0.717, 1.165) is 10.9 Å². The maximum atomic E-state index is 11.2. The fourth-order valence-corrected chi connectivity index (χ4v) is 2.24. The van der Waals surface area contributed by atoms with Crippen molar-refractivity contribution in [2.45, 2.75) is 31.6 Å². The standard InChI is InChI=1S/C12H14BrNO2/c13-9-4-5-11(14-7-9)10(12(15)16)6-8-2-1-3-8/h4-5,7-8,10H,1-3,6H2,(H,15,16). The summed E-state index contributed by atoms with van der Waals surface area (Å²) in [5, 5.41) is 9.21. The molecule has 1 saturated carbocycles. The molecule has 1 atom stereocenters. The predicted molar refractivity (Wildman–Crippen MR) is 64.3 cm³/mol. The molecule has 86 valence electrons. The first-order chi connectivity index (χ1) is 7.66. The number of carboxylic acid groups (broad SMARTS) is 1. The van der Waals surface area contributed by atoms with Crippen molar-refractivity contribution >= 4 is 21.9 Å². The van der Waals surface area contributed by atoms with Gasteiger partial charge in [-0.05, 0) is 40.4 Å². The van der Waals surface area contributed by atoms with E-state index >= 15 is 0 Å².